The molecule has 1 aromatic carbocycles. The van der Waals surface area contributed by atoms with Crippen molar-refractivity contribution >= 4 is 0 Å². The topological polar surface area (TPSA) is 35.8 Å². The SMILES string of the molecule is N#CC1CCCCCC1NCc1ccccc1C(F)(F)F. The molecule has 0 amide bonds. The Morgan fingerprint density at radius 1 is 1.14 bits per heavy atom. The maximum atomic E-state index is 12.9. The van der Waals surface area contributed by atoms with Crippen LogP contribution in [0.15, 0.2) is 24.3 Å². The molecule has 2 unspecified atom stereocenters. The van der Waals surface area contributed by atoms with Crippen molar-refractivity contribution in [2.75, 3.05) is 0 Å². The third-order valence-electron chi connectivity index (χ3n) is 4.06. The van der Waals surface area contributed by atoms with Crippen molar-refractivity contribution < 1.29 is 13.2 Å². The smallest absolute Gasteiger partial charge is 0.309 e. The van der Waals surface area contributed by atoms with Gasteiger partial charge < -0.3 is 5.32 Å². The highest BCUT2D eigenvalue weighted by atomic mass is 19.4. The fourth-order valence-electron chi connectivity index (χ4n) is 2.90. The van der Waals surface area contributed by atoms with Crippen LogP contribution in [0, 0.1) is 17.2 Å². The minimum Gasteiger partial charge on any atom is -0.309 e. The summed E-state index contributed by atoms with van der Waals surface area (Å²) in [5, 5.41) is 12.4. The Kier molecular flexibility index (Phi) is 5.24. The summed E-state index contributed by atoms with van der Waals surface area (Å²) in [4.78, 5) is 0. The van der Waals surface area contributed by atoms with Gasteiger partial charge in [0, 0.05) is 12.6 Å². The van der Waals surface area contributed by atoms with Gasteiger partial charge in [-0.1, -0.05) is 37.5 Å². The molecular formula is C16H19F3N2. The standard InChI is InChI=1S/C16H19F3N2/c17-16(18,19)14-8-5-4-7-13(14)11-21-15-9-3-1-2-6-12(15)10-20/h4-5,7-8,12,15,21H,1-3,6,9,11H2. The molecule has 114 valence electrons. The number of nitrogens with one attached hydrogen (secondary N) is 1. The van der Waals surface area contributed by atoms with Crippen LogP contribution in [0.25, 0.3) is 0 Å². The molecule has 1 aliphatic rings. The van der Waals surface area contributed by atoms with Crippen molar-refractivity contribution in [1.29, 1.82) is 5.26 Å². The maximum Gasteiger partial charge on any atom is 0.416 e. The molecule has 0 aromatic heterocycles. The van der Waals surface area contributed by atoms with E-state index < -0.39 is 11.7 Å². The Morgan fingerprint density at radius 2 is 1.86 bits per heavy atom. The summed E-state index contributed by atoms with van der Waals surface area (Å²) in [5.41, 5.74) is -0.356. The minimum absolute atomic E-state index is 0.0150. The highest BCUT2D eigenvalue weighted by molar-refractivity contribution is 5.29. The maximum absolute atomic E-state index is 12.9. The van der Waals surface area contributed by atoms with Gasteiger partial charge in [0.15, 0.2) is 0 Å². The number of hydrogen-bond acceptors (Lipinski definition) is 2. The summed E-state index contributed by atoms with van der Waals surface area (Å²) >= 11 is 0. The molecule has 1 saturated carbocycles. The zero-order valence-corrected chi connectivity index (χ0v) is 11.8. The minimum atomic E-state index is -4.34. The fraction of sp³-hybridized carbons (Fsp3) is 0.562. The molecule has 2 atom stereocenters. The summed E-state index contributed by atoms with van der Waals surface area (Å²) in [6, 6.07) is 7.88. The van der Waals surface area contributed by atoms with E-state index in [4.69, 9.17) is 0 Å². The van der Waals surface area contributed by atoms with E-state index in [1.807, 2.05) is 0 Å². The van der Waals surface area contributed by atoms with Crippen molar-refractivity contribution in [3.8, 4) is 6.07 Å². The van der Waals surface area contributed by atoms with Crippen molar-refractivity contribution in [2.24, 2.45) is 5.92 Å². The van der Waals surface area contributed by atoms with Gasteiger partial charge in [0.2, 0.25) is 0 Å². The molecule has 1 aromatic rings. The van der Waals surface area contributed by atoms with E-state index in [0.717, 1.165) is 38.2 Å². The molecule has 1 N–H and O–H groups in total. The first kappa shape index (κ1) is 15.8. The second kappa shape index (κ2) is 6.95. The van der Waals surface area contributed by atoms with Crippen LogP contribution < -0.4 is 5.32 Å². The number of nitrogens with zero attached hydrogens (tertiary/aromatic N) is 1. The lowest BCUT2D eigenvalue weighted by Gasteiger charge is -2.22. The van der Waals surface area contributed by atoms with Gasteiger partial charge >= 0.3 is 6.18 Å². The van der Waals surface area contributed by atoms with Gasteiger partial charge in [0.1, 0.15) is 0 Å². The summed E-state index contributed by atoms with van der Waals surface area (Å²) in [7, 11) is 0. The molecule has 0 bridgehead atoms. The first-order valence-electron chi connectivity index (χ1n) is 7.30. The summed E-state index contributed by atoms with van der Waals surface area (Å²) in [6.45, 7) is 0.151. The Hall–Kier alpha value is -1.54. The molecular weight excluding hydrogens is 277 g/mol. The largest absolute Gasteiger partial charge is 0.416 e. The Morgan fingerprint density at radius 3 is 2.57 bits per heavy atom. The molecule has 2 nitrogen and oxygen atoms in total. The van der Waals surface area contributed by atoms with E-state index in [0.29, 0.717) is 0 Å². The molecule has 1 fully saturated rings. The lowest BCUT2D eigenvalue weighted by Crippen LogP contribution is -2.35. The predicted molar refractivity (Wildman–Crippen MR) is 74.3 cm³/mol. The van der Waals surface area contributed by atoms with Crippen LogP contribution >= 0.6 is 0 Å². The fourth-order valence-corrected chi connectivity index (χ4v) is 2.90. The Balaban J connectivity index is 2.07. The van der Waals surface area contributed by atoms with E-state index in [1.54, 1.807) is 6.07 Å². The van der Waals surface area contributed by atoms with Crippen LogP contribution in [0.5, 0.6) is 0 Å². The van der Waals surface area contributed by atoms with Crippen LogP contribution in [0.1, 0.15) is 43.2 Å². The second-order valence-electron chi connectivity index (χ2n) is 5.52. The van der Waals surface area contributed by atoms with Crippen molar-refractivity contribution in [3.05, 3.63) is 35.4 Å². The summed E-state index contributed by atoms with van der Waals surface area (Å²) in [6.07, 6.45) is 0.486. The van der Waals surface area contributed by atoms with Gasteiger partial charge in [0.05, 0.1) is 17.6 Å². The number of halogens is 3. The second-order valence-corrected chi connectivity index (χ2v) is 5.52. The zero-order chi connectivity index (χ0) is 15.3. The van der Waals surface area contributed by atoms with Crippen LogP contribution in [0.3, 0.4) is 0 Å². The molecule has 21 heavy (non-hydrogen) atoms. The van der Waals surface area contributed by atoms with Gasteiger partial charge in [-0.15, -0.1) is 0 Å². The van der Waals surface area contributed by atoms with E-state index in [9.17, 15) is 18.4 Å². The quantitative estimate of drug-likeness (QED) is 0.846. The van der Waals surface area contributed by atoms with Crippen LogP contribution in [-0.2, 0) is 12.7 Å². The Labute approximate surface area is 123 Å². The van der Waals surface area contributed by atoms with Gasteiger partial charge in [-0.3, -0.25) is 0 Å². The number of nitriles is 1. The monoisotopic (exact) mass is 296 g/mol. The molecule has 5 heteroatoms. The third-order valence-corrected chi connectivity index (χ3v) is 4.06. The predicted octanol–water partition coefficient (Wildman–Crippen LogP) is 4.27. The molecule has 0 spiro atoms. The summed E-state index contributed by atoms with van der Waals surface area (Å²) < 4.78 is 38.8. The molecule has 1 aliphatic carbocycles. The number of benzene rings is 1. The van der Waals surface area contributed by atoms with E-state index in [1.165, 1.54) is 12.1 Å². The normalized spacial score (nSPS) is 23.3. The number of rotatable bonds is 3. The first-order chi connectivity index (χ1) is 10.0. The van der Waals surface area contributed by atoms with Crippen molar-refractivity contribution in [1.82, 2.24) is 5.32 Å². The molecule has 0 heterocycles. The highest BCUT2D eigenvalue weighted by Gasteiger charge is 2.33. The van der Waals surface area contributed by atoms with Crippen LogP contribution in [-0.4, -0.2) is 6.04 Å². The Bertz CT molecular complexity index is 505. The van der Waals surface area contributed by atoms with Crippen molar-refractivity contribution in [2.45, 2.75) is 50.9 Å². The first-order valence-corrected chi connectivity index (χ1v) is 7.30. The summed E-state index contributed by atoms with van der Waals surface area (Å²) in [5.74, 6) is -0.106. The van der Waals surface area contributed by atoms with Crippen LogP contribution in [0.2, 0.25) is 0 Å². The lowest BCUT2D eigenvalue weighted by molar-refractivity contribution is -0.138. The number of alkyl halides is 3. The van der Waals surface area contributed by atoms with Gasteiger partial charge in [-0.05, 0) is 24.5 Å². The molecule has 0 aliphatic heterocycles. The third kappa shape index (κ3) is 4.21. The lowest BCUT2D eigenvalue weighted by atomic mass is 9.96. The van der Waals surface area contributed by atoms with Crippen LogP contribution in [0.4, 0.5) is 13.2 Å². The molecule has 0 radical (unpaired) electrons. The van der Waals surface area contributed by atoms with E-state index in [-0.39, 0.29) is 24.1 Å². The van der Waals surface area contributed by atoms with Crippen molar-refractivity contribution in [3.63, 3.8) is 0 Å². The van der Waals surface area contributed by atoms with Gasteiger partial charge in [0.25, 0.3) is 0 Å². The number of hydrogen-bond donors (Lipinski definition) is 1. The molecule has 2 rings (SSSR count). The zero-order valence-electron chi connectivity index (χ0n) is 11.8. The molecule has 0 saturated heterocycles. The average Bonchev–Trinajstić information content (AvgIpc) is 2.69. The highest BCUT2D eigenvalue weighted by Crippen LogP contribution is 2.32. The van der Waals surface area contributed by atoms with E-state index in [2.05, 4.69) is 11.4 Å². The van der Waals surface area contributed by atoms with Gasteiger partial charge in [-0.2, -0.15) is 18.4 Å². The van der Waals surface area contributed by atoms with E-state index >= 15 is 0 Å². The van der Waals surface area contributed by atoms with Gasteiger partial charge in [-0.25, -0.2) is 0 Å². The average molecular weight is 296 g/mol.